The lowest BCUT2D eigenvalue weighted by Gasteiger charge is -2.17. The third-order valence-electron chi connectivity index (χ3n) is 3.85. The average Bonchev–Trinajstić information content (AvgIpc) is 2.62. The number of benzene rings is 2. The van der Waals surface area contributed by atoms with Crippen LogP contribution in [0.4, 0.5) is 5.69 Å². The quantitative estimate of drug-likeness (QED) is 0.733. The molecule has 0 fully saturated rings. The minimum absolute atomic E-state index is 0.279. The van der Waals surface area contributed by atoms with Crippen molar-refractivity contribution in [2.24, 2.45) is 5.92 Å². The molecule has 0 radical (unpaired) electrons. The predicted molar refractivity (Wildman–Crippen MR) is 99.1 cm³/mol. The third-order valence-corrected chi connectivity index (χ3v) is 4.10. The highest BCUT2D eigenvalue weighted by Gasteiger charge is 2.23. The monoisotopic (exact) mass is 377 g/mol. The van der Waals surface area contributed by atoms with E-state index in [0.717, 1.165) is 5.56 Å². The van der Waals surface area contributed by atoms with E-state index in [1.165, 1.54) is 14.2 Å². The highest BCUT2D eigenvalue weighted by molar-refractivity contribution is 6.30. The van der Waals surface area contributed by atoms with Crippen LogP contribution in [-0.4, -0.2) is 31.2 Å². The van der Waals surface area contributed by atoms with Crippen molar-refractivity contribution in [1.29, 1.82) is 0 Å². The smallest absolute Gasteiger partial charge is 0.304 e. The number of rotatable bonds is 8. The molecule has 6 nitrogen and oxygen atoms in total. The number of ether oxygens (including phenoxy) is 2. The number of nitrogens with one attached hydrogen (secondary N) is 1. The van der Waals surface area contributed by atoms with Crippen molar-refractivity contribution < 1.29 is 24.2 Å². The molecule has 2 aromatic carbocycles. The molecule has 0 saturated heterocycles. The highest BCUT2D eigenvalue weighted by atomic mass is 35.5. The molecular formula is C19H20ClNO5. The first-order valence-corrected chi connectivity index (χ1v) is 8.30. The van der Waals surface area contributed by atoms with Crippen molar-refractivity contribution in [3.05, 3.63) is 53.1 Å². The fourth-order valence-electron chi connectivity index (χ4n) is 2.52. The lowest BCUT2D eigenvalue weighted by Crippen LogP contribution is -2.27. The Hall–Kier alpha value is -2.73. The van der Waals surface area contributed by atoms with Gasteiger partial charge in [0, 0.05) is 11.1 Å². The van der Waals surface area contributed by atoms with Crippen LogP contribution in [0.25, 0.3) is 0 Å². The Labute approximate surface area is 156 Å². The first-order valence-electron chi connectivity index (χ1n) is 7.92. The second kappa shape index (κ2) is 9.10. The molecule has 7 heteroatoms. The maximum Gasteiger partial charge on any atom is 0.304 e. The van der Waals surface area contributed by atoms with Crippen LogP contribution in [-0.2, 0) is 16.0 Å². The molecule has 26 heavy (non-hydrogen) atoms. The summed E-state index contributed by atoms with van der Waals surface area (Å²) in [7, 11) is 3.00. The second-order valence-corrected chi connectivity index (χ2v) is 6.12. The number of methoxy groups -OCH3 is 2. The van der Waals surface area contributed by atoms with Gasteiger partial charge in [0.1, 0.15) is 11.5 Å². The van der Waals surface area contributed by atoms with E-state index < -0.39 is 17.8 Å². The summed E-state index contributed by atoms with van der Waals surface area (Å²) in [5.74, 6) is -1.19. The molecule has 0 aliphatic carbocycles. The van der Waals surface area contributed by atoms with Crippen molar-refractivity contribution in [2.45, 2.75) is 12.8 Å². The maximum absolute atomic E-state index is 12.7. The Morgan fingerprint density at radius 2 is 1.81 bits per heavy atom. The van der Waals surface area contributed by atoms with Crippen LogP contribution >= 0.6 is 11.6 Å². The number of halogens is 1. The largest absolute Gasteiger partial charge is 0.497 e. The normalized spacial score (nSPS) is 11.5. The zero-order valence-corrected chi connectivity index (χ0v) is 15.2. The van der Waals surface area contributed by atoms with Crippen LogP contribution < -0.4 is 14.8 Å². The molecule has 2 N–H and O–H groups in total. The van der Waals surface area contributed by atoms with Gasteiger partial charge in [-0.3, -0.25) is 9.59 Å². The maximum atomic E-state index is 12.7. The molecule has 0 bridgehead atoms. The third kappa shape index (κ3) is 5.39. The molecule has 2 aromatic rings. The van der Waals surface area contributed by atoms with E-state index in [1.54, 1.807) is 42.5 Å². The molecular weight excluding hydrogens is 358 g/mol. The number of carboxylic acid groups (broad SMARTS) is 1. The minimum Gasteiger partial charge on any atom is -0.497 e. The summed E-state index contributed by atoms with van der Waals surface area (Å²) in [6.07, 6.45) is -0.0116. The molecule has 1 amide bonds. The van der Waals surface area contributed by atoms with Crippen LogP contribution in [0, 0.1) is 5.92 Å². The van der Waals surface area contributed by atoms with Crippen LogP contribution in [0.2, 0.25) is 5.02 Å². The second-order valence-electron chi connectivity index (χ2n) is 5.68. The van der Waals surface area contributed by atoms with Crippen molar-refractivity contribution in [3.63, 3.8) is 0 Å². The van der Waals surface area contributed by atoms with E-state index in [4.69, 9.17) is 26.2 Å². The molecule has 0 aromatic heterocycles. The summed E-state index contributed by atoms with van der Waals surface area (Å²) in [5.41, 5.74) is 1.25. The average molecular weight is 378 g/mol. The number of carboxylic acids is 1. The molecule has 1 atom stereocenters. The molecule has 0 spiro atoms. The van der Waals surface area contributed by atoms with Gasteiger partial charge in [0.25, 0.3) is 0 Å². The molecule has 0 aliphatic rings. The lowest BCUT2D eigenvalue weighted by molar-refractivity contribution is -0.140. The fraction of sp³-hybridized carbons (Fsp3) is 0.263. The molecule has 0 unspecified atom stereocenters. The SMILES string of the molecule is COc1ccc(OC)c(NC(=O)[C@H](CC(=O)O)Cc2ccc(Cl)cc2)c1. The van der Waals surface area contributed by atoms with Gasteiger partial charge in [0.05, 0.1) is 32.2 Å². The zero-order chi connectivity index (χ0) is 19.1. The number of anilines is 1. The Kier molecular flexibility index (Phi) is 6.86. The van der Waals surface area contributed by atoms with Gasteiger partial charge in [-0.2, -0.15) is 0 Å². The van der Waals surface area contributed by atoms with Gasteiger partial charge in [0.15, 0.2) is 0 Å². The van der Waals surface area contributed by atoms with Gasteiger partial charge in [-0.25, -0.2) is 0 Å². The van der Waals surface area contributed by atoms with E-state index in [9.17, 15) is 9.59 Å². The summed E-state index contributed by atoms with van der Waals surface area (Å²) in [6, 6.07) is 12.0. The topological polar surface area (TPSA) is 84.9 Å². The first-order chi connectivity index (χ1) is 12.4. The predicted octanol–water partition coefficient (Wildman–Crippen LogP) is 3.63. The summed E-state index contributed by atoms with van der Waals surface area (Å²) >= 11 is 5.87. The van der Waals surface area contributed by atoms with Crippen LogP contribution in [0.1, 0.15) is 12.0 Å². The fourth-order valence-corrected chi connectivity index (χ4v) is 2.65. The van der Waals surface area contributed by atoms with Gasteiger partial charge in [-0.05, 0) is 36.2 Å². The van der Waals surface area contributed by atoms with E-state index in [2.05, 4.69) is 5.32 Å². The number of aliphatic carboxylic acids is 1. The van der Waals surface area contributed by atoms with E-state index in [-0.39, 0.29) is 12.8 Å². The summed E-state index contributed by atoms with van der Waals surface area (Å²) in [6.45, 7) is 0. The number of amides is 1. The Morgan fingerprint density at radius 3 is 2.38 bits per heavy atom. The molecule has 0 heterocycles. The van der Waals surface area contributed by atoms with Crippen molar-refractivity contribution in [1.82, 2.24) is 0 Å². The summed E-state index contributed by atoms with van der Waals surface area (Å²) in [5, 5.41) is 12.5. The Balaban J connectivity index is 2.21. The van der Waals surface area contributed by atoms with Crippen LogP contribution in [0.3, 0.4) is 0 Å². The molecule has 0 aliphatic heterocycles. The van der Waals surface area contributed by atoms with Crippen LogP contribution in [0.15, 0.2) is 42.5 Å². The van der Waals surface area contributed by atoms with Crippen molar-refractivity contribution in [2.75, 3.05) is 19.5 Å². The minimum atomic E-state index is -1.04. The number of carbonyl (C=O) groups excluding carboxylic acids is 1. The van der Waals surface area contributed by atoms with Crippen molar-refractivity contribution >= 4 is 29.2 Å². The van der Waals surface area contributed by atoms with Crippen molar-refractivity contribution in [3.8, 4) is 11.5 Å². The van der Waals surface area contributed by atoms with E-state index >= 15 is 0 Å². The van der Waals surface area contributed by atoms with E-state index in [1.807, 2.05) is 0 Å². The number of hydrogen-bond donors (Lipinski definition) is 2. The zero-order valence-electron chi connectivity index (χ0n) is 14.5. The summed E-state index contributed by atoms with van der Waals surface area (Å²) < 4.78 is 10.4. The molecule has 0 saturated carbocycles. The van der Waals surface area contributed by atoms with Gasteiger partial charge >= 0.3 is 5.97 Å². The Bertz CT molecular complexity index is 776. The standard InChI is InChI=1S/C19H20ClNO5/c1-25-15-7-8-17(26-2)16(11-15)21-19(24)13(10-18(22)23)9-12-3-5-14(20)6-4-12/h3-8,11,13H,9-10H2,1-2H3,(H,21,24)(H,22,23)/t13-/m0/s1. The number of carbonyl (C=O) groups is 2. The molecule has 138 valence electrons. The molecule has 2 rings (SSSR count). The van der Waals surface area contributed by atoms with Gasteiger partial charge in [0.2, 0.25) is 5.91 Å². The van der Waals surface area contributed by atoms with Gasteiger partial charge in [-0.1, -0.05) is 23.7 Å². The first kappa shape index (κ1) is 19.6. The highest BCUT2D eigenvalue weighted by Crippen LogP contribution is 2.30. The number of hydrogen-bond acceptors (Lipinski definition) is 4. The van der Waals surface area contributed by atoms with Gasteiger partial charge in [-0.15, -0.1) is 0 Å². The van der Waals surface area contributed by atoms with Gasteiger partial charge < -0.3 is 19.9 Å². The lowest BCUT2D eigenvalue weighted by atomic mass is 9.95. The van der Waals surface area contributed by atoms with Crippen LogP contribution in [0.5, 0.6) is 11.5 Å². The Morgan fingerprint density at radius 1 is 1.12 bits per heavy atom. The summed E-state index contributed by atoms with van der Waals surface area (Å²) in [4.78, 5) is 23.9. The van der Waals surface area contributed by atoms with E-state index in [0.29, 0.717) is 22.2 Å².